The van der Waals surface area contributed by atoms with Crippen LogP contribution in [0.5, 0.6) is 0 Å². The van der Waals surface area contributed by atoms with Crippen molar-refractivity contribution < 1.29 is 0 Å². The molecule has 0 bridgehead atoms. The van der Waals surface area contributed by atoms with E-state index in [0.717, 1.165) is 5.69 Å². The van der Waals surface area contributed by atoms with Crippen LogP contribution in [0.4, 0.5) is 5.69 Å². The topological polar surface area (TPSA) is 28.0 Å². The summed E-state index contributed by atoms with van der Waals surface area (Å²) in [4.78, 5) is 9.25. The van der Waals surface area contributed by atoms with Gasteiger partial charge in [-0.25, -0.2) is 9.98 Å². The Morgan fingerprint density at radius 1 is 1.33 bits per heavy atom. The Labute approximate surface area is 94.4 Å². The first-order valence-corrected chi connectivity index (χ1v) is 4.71. The lowest BCUT2D eigenvalue weighted by Gasteiger charge is -2.18. The lowest BCUT2D eigenvalue weighted by molar-refractivity contribution is 1.07. The van der Waals surface area contributed by atoms with Gasteiger partial charge in [-0.05, 0) is 30.5 Å². The highest BCUT2D eigenvalue weighted by atomic mass is 35.5. The summed E-state index contributed by atoms with van der Waals surface area (Å²) in [6.45, 7) is 7.06. The summed E-state index contributed by atoms with van der Waals surface area (Å²) >= 11 is 5.62. The number of nitrogens with zero attached hydrogens (tertiary/aromatic N) is 3. The molecule has 0 amide bonds. The first-order valence-electron chi connectivity index (χ1n) is 4.33. The molecule has 0 saturated carbocycles. The van der Waals surface area contributed by atoms with Gasteiger partial charge in [-0.15, -0.1) is 0 Å². The van der Waals surface area contributed by atoms with Crippen molar-refractivity contribution in [1.82, 2.24) is 0 Å². The SMILES string of the molecule is C=N/C(Cl)=N\C(=C)N(C)c1ccccc1. The zero-order chi connectivity index (χ0) is 11.3. The molecule has 1 aromatic rings. The van der Waals surface area contributed by atoms with Gasteiger partial charge in [0.2, 0.25) is 5.29 Å². The Hall–Kier alpha value is -1.61. The molecule has 0 heterocycles. The molecule has 0 aromatic heterocycles. The van der Waals surface area contributed by atoms with Gasteiger partial charge in [0.1, 0.15) is 5.82 Å². The molecule has 0 spiro atoms. The normalized spacial score (nSPS) is 10.9. The summed E-state index contributed by atoms with van der Waals surface area (Å²) in [7, 11) is 1.86. The fourth-order valence-corrected chi connectivity index (χ4v) is 1.12. The molecule has 1 aromatic carbocycles. The smallest absolute Gasteiger partial charge is 0.223 e. The minimum absolute atomic E-state index is 0.0859. The van der Waals surface area contributed by atoms with Crippen molar-refractivity contribution in [2.45, 2.75) is 0 Å². The molecule has 0 radical (unpaired) electrons. The van der Waals surface area contributed by atoms with E-state index in [-0.39, 0.29) is 5.29 Å². The molecule has 78 valence electrons. The predicted octanol–water partition coefficient (Wildman–Crippen LogP) is 2.89. The van der Waals surface area contributed by atoms with Gasteiger partial charge in [-0.3, -0.25) is 0 Å². The number of anilines is 1. The number of para-hydroxylation sites is 1. The average molecular weight is 222 g/mol. The van der Waals surface area contributed by atoms with Crippen LogP contribution in [0.25, 0.3) is 0 Å². The Bertz CT molecular complexity index is 384. The largest absolute Gasteiger partial charge is 0.330 e. The number of rotatable bonds is 3. The monoisotopic (exact) mass is 221 g/mol. The van der Waals surface area contributed by atoms with Gasteiger partial charge < -0.3 is 4.90 Å². The second-order valence-electron chi connectivity index (χ2n) is 2.85. The van der Waals surface area contributed by atoms with Crippen LogP contribution in [0.15, 0.2) is 52.7 Å². The van der Waals surface area contributed by atoms with Crippen LogP contribution in [0.1, 0.15) is 0 Å². The maximum Gasteiger partial charge on any atom is 0.223 e. The summed E-state index contributed by atoms with van der Waals surface area (Å²) in [6.07, 6.45) is 0. The van der Waals surface area contributed by atoms with Gasteiger partial charge in [-0.1, -0.05) is 24.8 Å². The first-order chi connectivity index (χ1) is 7.15. The number of benzene rings is 1. The van der Waals surface area contributed by atoms with Gasteiger partial charge in [-0.2, -0.15) is 0 Å². The maximum absolute atomic E-state index is 5.62. The highest BCUT2D eigenvalue weighted by molar-refractivity contribution is 6.65. The highest BCUT2D eigenvalue weighted by Crippen LogP contribution is 2.16. The molecule has 1 rings (SSSR count). The van der Waals surface area contributed by atoms with E-state index in [1.54, 1.807) is 0 Å². The zero-order valence-electron chi connectivity index (χ0n) is 8.52. The van der Waals surface area contributed by atoms with Gasteiger partial charge in [0.05, 0.1) is 0 Å². The molecule has 0 fully saturated rings. The van der Waals surface area contributed by atoms with Crippen molar-refractivity contribution in [2.75, 3.05) is 11.9 Å². The lowest BCUT2D eigenvalue weighted by Crippen LogP contribution is -2.14. The summed E-state index contributed by atoms with van der Waals surface area (Å²) in [5.74, 6) is 0.513. The van der Waals surface area contributed by atoms with Crippen LogP contribution in [0.3, 0.4) is 0 Å². The Morgan fingerprint density at radius 2 is 1.93 bits per heavy atom. The number of halogens is 1. The van der Waals surface area contributed by atoms with E-state index in [9.17, 15) is 0 Å². The second-order valence-corrected chi connectivity index (χ2v) is 3.19. The number of hydrogen-bond donors (Lipinski definition) is 0. The van der Waals surface area contributed by atoms with Crippen molar-refractivity contribution in [3.8, 4) is 0 Å². The Morgan fingerprint density at radius 3 is 2.47 bits per heavy atom. The Kier molecular flexibility index (Phi) is 4.06. The van der Waals surface area contributed by atoms with E-state index in [0.29, 0.717) is 5.82 Å². The molecule has 4 heteroatoms. The zero-order valence-corrected chi connectivity index (χ0v) is 9.28. The molecule has 0 aliphatic rings. The summed E-state index contributed by atoms with van der Waals surface area (Å²) in [5, 5.41) is 0.0859. The lowest BCUT2D eigenvalue weighted by atomic mass is 10.3. The number of amidine groups is 1. The molecule has 0 saturated heterocycles. The van der Waals surface area contributed by atoms with Crippen LogP contribution in [-0.2, 0) is 0 Å². The molecule has 15 heavy (non-hydrogen) atoms. The predicted molar refractivity (Wildman–Crippen MR) is 66.8 cm³/mol. The van der Waals surface area contributed by atoms with E-state index >= 15 is 0 Å². The molecule has 0 N–H and O–H groups in total. The molecule has 0 aliphatic carbocycles. The summed E-state index contributed by atoms with van der Waals surface area (Å²) in [6, 6.07) is 9.74. The molecule has 3 nitrogen and oxygen atoms in total. The third-order valence-corrected chi connectivity index (χ3v) is 2.09. The van der Waals surface area contributed by atoms with Crippen LogP contribution in [-0.4, -0.2) is 19.1 Å². The van der Waals surface area contributed by atoms with Crippen LogP contribution < -0.4 is 4.90 Å². The van der Waals surface area contributed by atoms with Crippen LogP contribution in [0.2, 0.25) is 0 Å². The first kappa shape index (κ1) is 11.5. The highest BCUT2D eigenvalue weighted by Gasteiger charge is 2.03. The average Bonchev–Trinajstić information content (AvgIpc) is 2.29. The minimum atomic E-state index is 0.0859. The van der Waals surface area contributed by atoms with E-state index in [1.807, 2.05) is 42.3 Å². The van der Waals surface area contributed by atoms with Crippen molar-refractivity contribution in [1.29, 1.82) is 0 Å². The van der Waals surface area contributed by atoms with Crippen molar-refractivity contribution in [3.63, 3.8) is 0 Å². The van der Waals surface area contributed by atoms with Gasteiger partial charge in [0.25, 0.3) is 0 Å². The minimum Gasteiger partial charge on any atom is -0.330 e. The molecule has 0 aliphatic heterocycles. The van der Waals surface area contributed by atoms with E-state index in [2.05, 4.69) is 23.3 Å². The fraction of sp³-hybridized carbons (Fsp3) is 0.0909. The molecular weight excluding hydrogens is 210 g/mol. The number of hydrogen-bond acceptors (Lipinski definition) is 2. The fourth-order valence-electron chi connectivity index (χ4n) is 1.02. The molecule has 0 atom stereocenters. The Balaban J connectivity index is 2.82. The van der Waals surface area contributed by atoms with Gasteiger partial charge in [0.15, 0.2) is 0 Å². The summed E-state index contributed by atoms with van der Waals surface area (Å²) in [5.41, 5.74) is 0.986. The third kappa shape index (κ3) is 3.22. The molecule has 0 unspecified atom stereocenters. The quantitative estimate of drug-likeness (QED) is 0.438. The number of aliphatic imine (C=N–C) groups is 2. The van der Waals surface area contributed by atoms with Crippen LogP contribution in [0, 0.1) is 0 Å². The van der Waals surface area contributed by atoms with Crippen LogP contribution >= 0.6 is 11.6 Å². The van der Waals surface area contributed by atoms with Crippen molar-refractivity contribution >= 4 is 29.3 Å². The second kappa shape index (κ2) is 5.32. The van der Waals surface area contributed by atoms with Gasteiger partial charge in [0, 0.05) is 12.7 Å². The maximum atomic E-state index is 5.62. The van der Waals surface area contributed by atoms with E-state index < -0.39 is 0 Å². The van der Waals surface area contributed by atoms with Crippen molar-refractivity contribution in [2.24, 2.45) is 9.98 Å². The van der Waals surface area contributed by atoms with Gasteiger partial charge >= 0.3 is 0 Å². The third-order valence-electron chi connectivity index (χ3n) is 1.88. The standard InChI is InChI=1S/C11H12ClN3/c1-9(14-11(12)13-2)15(3)10-7-5-4-6-8-10/h4-8H,1-2H2,3H3/b14-11-. The van der Waals surface area contributed by atoms with Crippen molar-refractivity contribution in [3.05, 3.63) is 42.7 Å². The summed E-state index contributed by atoms with van der Waals surface area (Å²) < 4.78 is 0. The molecular formula is C11H12ClN3. The van der Waals surface area contributed by atoms with E-state index in [4.69, 9.17) is 11.6 Å². The van der Waals surface area contributed by atoms with E-state index in [1.165, 1.54) is 0 Å².